The maximum atomic E-state index is 13.2. The monoisotopic (exact) mass is 548 g/mol. The van der Waals surface area contributed by atoms with Gasteiger partial charge in [0.25, 0.3) is 0 Å². The Morgan fingerprint density at radius 2 is 1.72 bits per heavy atom. The fourth-order valence-corrected chi connectivity index (χ4v) is 5.63. The van der Waals surface area contributed by atoms with Crippen molar-refractivity contribution in [2.24, 2.45) is 23.7 Å². The van der Waals surface area contributed by atoms with Crippen LogP contribution in [0.1, 0.15) is 44.0 Å². The third kappa shape index (κ3) is 5.26. The van der Waals surface area contributed by atoms with Crippen molar-refractivity contribution in [1.29, 1.82) is 0 Å². The van der Waals surface area contributed by atoms with Crippen molar-refractivity contribution < 1.29 is 51.2 Å². The van der Waals surface area contributed by atoms with Gasteiger partial charge in [0, 0.05) is 11.8 Å². The highest BCUT2D eigenvalue weighted by atomic mass is 19.4. The van der Waals surface area contributed by atoms with Crippen molar-refractivity contribution in [2.75, 3.05) is 0 Å². The number of esters is 3. The minimum atomic E-state index is -4.97. The van der Waals surface area contributed by atoms with Gasteiger partial charge in [-0.15, -0.1) is 13.2 Å². The van der Waals surface area contributed by atoms with Crippen molar-refractivity contribution in [3.8, 4) is 17.2 Å². The number of ether oxygens (including phenoxy) is 5. The Labute approximate surface area is 222 Å². The maximum absolute atomic E-state index is 13.2. The van der Waals surface area contributed by atoms with Gasteiger partial charge in [-0.3, -0.25) is 9.59 Å². The zero-order valence-corrected chi connectivity index (χ0v) is 21.4. The number of fused-ring (bicyclic) bond motifs is 1. The number of carbonyl (C=O) groups is 3. The van der Waals surface area contributed by atoms with E-state index in [1.165, 1.54) is 0 Å². The van der Waals surface area contributed by atoms with Gasteiger partial charge in [-0.05, 0) is 57.0 Å². The first-order valence-electron chi connectivity index (χ1n) is 12.6. The van der Waals surface area contributed by atoms with Crippen molar-refractivity contribution in [3.05, 3.63) is 54.1 Å². The Kier molecular flexibility index (Phi) is 6.72. The van der Waals surface area contributed by atoms with Crippen LogP contribution in [0.3, 0.4) is 0 Å². The molecule has 8 nitrogen and oxygen atoms in total. The molecule has 6 unspecified atom stereocenters. The second-order valence-corrected chi connectivity index (χ2v) is 10.5. The molecule has 0 radical (unpaired) electrons. The van der Waals surface area contributed by atoms with E-state index in [4.69, 9.17) is 18.9 Å². The molecule has 2 aromatic carbocycles. The van der Waals surface area contributed by atoms with E-state index in [2.05, 4.69) is 4.74 Å². The topological polar surface area (TPSA) is 97.4 Å². The average Bonchev–Trinajstić information content (AvgIpc) is 3.48. The summed E-state index contributed by atoms with van der Waals surface area (Å²) in [6.45, 7) is 5.17. The fourth-order valence-electron chi connectivity index (χ4n) is 5.63. The first-order valence-corrected chi connectivity index (χ1v) is 12.6. The lowest BCUT2D eigenvalue weighted by atomic mass is 9.78. The van der Waals surface area contributed by atoms with Crippen molar-refractivity contribution in [3.63, 3.8) is 0 Å². The summed E-state index contributed by atoms with van der Waals surface area (Å²) in [5.74, 6) is -4.91. The molecule has 5 rings (SSSR count). The zero-order chi connectivity index (χ0) is 28.1. The molecule has 1 aliphatic heterocycles. The molecule has 2 aromatic rings. The molecule has 3 aliphatic rings. The van der Waals surface area contributed by atoms with Gasteiger partial charge in [-0.25, -0.2) is 4.79 Å². The average molecular weight is 549 g/mol. The van der Waals surface area contributed by atoms with Crippen LogP contribution in [0.5, 0.6) is 17.2 Å². The highest BCUT2D eigenvalue weighted by Gasteiger charge is 2.70. The largest absolute Gasteiger partial charge is 0.573 e. The number of rotatable bonds is 8. The molecule has 208 valence electrons. The van der Waals surface area contributed by atoms with Gasteiger partial charge < -0.3 is 23.7 Å². The van der Waals surface area contributed by atoms with Gasteiger partial charge in [0.15, 0.2) is 11.5 Å². The molecular formula is C28H27F3O8. The minimum absolute atomic E-state index is 0.0847. The number of hydrogen-bond acceptors (Lipinski definition) is 8. The van der Waals surface area contributed by atoms with Crippen LogP contribution in [0.15, 0.2) is 48.5 Å². The van der Waals surface area contributed by atoms with Crippen LogP contribution < -0.4 is 14.2 Å². The van der Waals surface area contributed by atoms with E-state index in [0.717, 1.165) is 18.2 Å². The van der Waals surface area contributed by atoms with Crippen LogP contribution in [0.2, 0.25) is 0 Å². The third-order valence-electron chi connectivity index (χ3n) is 7.67. The van der Waals surface area contributed by atoms with E-state index in [1.54, 1.807) is 51.1 Å². The van der Waals surface area contributed by atoms with Gasteiger partial charge in [-0.2, -0.15) is 0 Å². The summed E-state index contributed by atoms with van der Waals surface area (Å²) in [6, 6.07) is 11.7. The Morgan fingerprint density at radius 3 is 2.38 bits per heavy atom. The van der Waals surface area contributed by atoms with Crippen LogP contribution in [-0.4, -0.2) is 42.1 Å². The van der Waals surface area contributed by atoms with E-state index < -0.39 is 65.6 Å². The number of benzene rings is 2. The molecule has 1 saturated heterocycles. The molecule has 6 atom stereocenters. The van der Waals surface area contributed by atoms with Crippen molar-refractivity contribution in [1.82, 2.24) is 0 Å². The highest BCUT2D eigenvalue weighted by molar-refractivity contribution is 5.91. The summed E-state index contributed by atoms with van der Waals surface area (Å²) in [7, 11) is 0. The van der Waals surface area contributed by atoms with Gasteiger partial charge >= 0.3 is 24.3 Å². The van der Waals surface area contributed by atoms with Crippen LogP contribution >= 0.6 is 0 Å². The van der Waals surface area contributed by atoms with E-state index in [1.807, 2.05) is 0 Å². The van der Waals surface area contributed by atoms with Crippen LogP contribution in [0, 0.1) is 23.7 Å². The molecular weight excluding hydrogens is 521 g/mol. The van der Waals surface area contributed by atoms with E-state index in [0.29, 0.717) is 18.6 Å². The third-order valence-corrected chi connectivity index (χ3v) is 7.67. The number of halogens is 3. The molecule has 0 amide bonds. The highest BCUT2D eigenvalue weighted by Crippen LogP contribution is 2.59. The SMILES string of the molecule is CCC(C)(C)Oc1cc(C(=O)OC2C3CC4C2OC(=O)C4C3C(=O)Oc2ccccc2)ccc1OC(F)(F)F. The lowest BCUT2D eigenvalue weighted by Crippen LogP contribution is -2.44. The molecule has 0 aromatic heterocycles. The van der Waals surface area contributed by atoms with E-state index >= 15 is 0 Å². The number of para-hydroxylation sites is 1. The van der Waals surface area contributed by atoms with Gasteiger partial charge in [-0.1, -0.05) is 25.1 Å². The second-order valence-electron chi connectivity index (χ2n) is 10.5. The zero-order valence-electron chi connectivity index (χ0n) is 21.4. The summed E-state index contributed by atoms with van der Waals surface area (Å²) < 4.78 is 65.5. The molecule has 1 heterocycles. The van der Waals surface area contributed by atoms with Gasteiger partial charge in [0.1, 0.15) is 23.6 Å². The molecule has 2 saturated carbocycles. The fraction of sp³-hybridized carbons (Fsp3) is 0.464. The Balaban J connectivity index is 1.37. The summed E-state index contributed by atoms with van der Waals surface area (Å²) in [5, 5.41) is 0. The Hall–Kier alpha value is -3.76. The number of hydrogen-bond donors (Lipinski definition) is 0. The van der Waals surface area contributed by atoms with Crippen molar-refractivity contribution >= 4 is 17.9 Å². The lowest BCUT2D eigenvalue weighted by Gasteiger charge is -2.30. The summed E-state index contributed by atoms with van der Waals surface area (Å²) >= 11 is 0. The van der Waals surface area contributed by atoms with E-state index in [9.17, 15) is 27.6 Å². The molecule has 0 N–H and O–H groups in total. The predicted octanol–water partition coefficient (Wildman–Crippen LogP) is 5.09. The first-order chi connectivity index (χ1) is 18.4. The first kappa shape index (κ1) is 26.8. The molecule has 3 fully saturated rings. The minimum Gasteiger partial charge on any atom is -0.484 e. The van der Waals surface area contributed by atoms with Crippen LogP contribution in [0.4, 0.5) is 13.2 Å². The quantitative estimate of drug-likeness (QED) is 0.333. The summed E-state index contributed by atoms with van der Waals surface area (Å²) in [6.07, 6.45) is -5.69. The summed E-state index contributed by atoms with van der Waals surface area (Å²) in [5.41, 5.74) is -0.936. The summed E-state index contributed by atoms with van der Waals surface area (Å²) in [4.78, 5) is 38.9. The second kappa shape index (κ2) is 9.77. The normalized spacial score (nSPS) is 27.2. The smallest absolute Gasteiger partial charge is 0.484 e. The lowest BCUT2D eigenvalue weighted by molar-refractivity contribution is -0.275. The number of alkyl halides is 3. The number of carbonyl (C=O) groups excluding carboxylic acids is 3. The molecule has 39 heavy (non-hydrogen) atoms. The predicted molar refractivity (Wildman–Crippen MR) is 128 cm³/mol. The Bertz CT molecular complexity index is 1280. The van der Waals surface area contributed by atoms with Crippen LogP contribution in [0.25, 0.3) is 0 Å². The van der Waals surface area contributed by atoms with Crippen LogP contribution in [-0.2, 0) is 19.1 Å². The van der Waals surface area contributed by atoms with E-state index in [-0.39, 0.29) is 17.2 Å². The van der Waals surface area contributed by atoms with Gasteiger partial charge in [0.05, 0.1) is 17.4 Å². The standard InChI is InChI=1S/C28H27F3O8/c1-4-27(2,3)38-19-12-14(10-11-18(19)39-28(29,30)31)24(32)36-22-16-13-17-21(26(34)37-23(17)22)20(16)25(33)35-15-8-6-5-7-9-15/h5-12,16-17,20-23H,4,13H2,1-3H3. The maximum Gasteiger partial charge on any atom is 0.573 e. The van der Waals surface area contributed by atoms with Crippen molar-refractivity contribution in [2.45, 2.75) is 57.8 Å². The molecule has 2 aliphatic carbocycles. The molecule has 0 spiro atoms. The Morgan fingerprint density at radius 1 is 1.00 bits per heavy atom. The van der Waals surface area contributed by atoms with Gasteiger partial charge in [0.2, 0.25) is 0 Å². The molecule has 2 bridgehead atoms. The molecule has 11 heteroatoms.